The van der Waals surface area contributed by atoms with Crippen molar-refractivity contribution in [2.24, 2.45) is 5.92 Å². The molecule has 10 heteroatoms. The fraction of sp³-hybridized carbons (Fsp3) is 0.250. The van der Waals surface area contributed by atoms with Gasteiger partial charge in [0, 0.05) is 0 Å². The maximum Gasteiger partial charge on any atom is 0.291 e. The number of carbonyl (C=O) groups excluding carboxylic acids is 1. The third kappa shape index (κ3) is 3.50. The van der Waals surface area contributed by atoms with Crippen molar-refractivity contribution >= 4 is 21.9 Å². The Kier molecular flexibility index (Phi) is 4.94. The van der Waals surface area contributed by atoms with Gasteiger partial charge in [0.2, 0.25) is 11.8 Å². The first-order valence-corrected chi connectivity index (χ1v) is 10.8. The molecule has 9 nitrogen and oxygen atoms in total. The molecule has 1 amide bonds. The van der Waals surface area contributed by atoms with Crippen LogP contribution in [0, 0.1) is 5.92 Å². The summed E-state index contributed by atoms with van der Waals surface area (Å²) in [5.74, 6) is 0.178. The molecule has 1 aliphatic rings. The molecule has 3 aromatic rings. The molecule has 2 aromatic carbocycles. The van der Waals surface area contributed by atoms with Gasteiger partial charge in [0.1, 0.15) is 10.6 Å². The number of nitrogens with one attached hydrogen (secondary N) is 2. The molecule has 4 rings (SSSR count). The Labute approximate surface area is 174 Å². The van der Waals surface area contributed by atoms with Crippen LogP contribution >= 0.6 is 0 Å². The van der Waals surface area contributed by atoms with Crippen molar-refractivity contribution in [3.63, 3.8) is 0 Å². The van der Waals surface area contributed by atoms with Crippen molar-refractivity contribution < 1.29 is 17.9 Å². The molecule has 0 spiro atoms. The van der Waals surface area contributed by atoms with Gasteiger partial charge in [0.15, 0.2) is 0 Å². The topological polar surface area (TPSA) is 115 Å². The van der Waals surface area contributed by atoms with Gasteiger partial charge in [-0.15, -0.1) is 5.10 Å². The number of nitrogens with zero attached hydrogens (tertiary/aromatic N) is 3. The number of rotatable bonds is 5. The minimum Gasteiger partial charge on any atom is -0.497 e. The molecule has 1 aromatic heterocycles. The maximum atomic E-state index is 12.9. The standard InChI is InChI=1S/C20H21N5O4S/c1-12(2)17(13-8-10-14(29-3)11-9-13)21-19(26)18-22-20-24-30(27,28)16-7-5-4-6-15(16)25(20)23-18/h4-12,17H,1-3H3,(H,21,26)(H,22,23,24)/t17-/m0/s1. The van der Waals surface area contributed by atoms with E-state index >= 15 is 0 Å². The van der Waals surface area contributed by atoms with Gasteiger partial charge >= 0.3 is 0 Å². The van der Waals surface area contributed by atoms with Crippen LogP contribution in [-0.4, -0.2) is 36.2 Å². The number of ether oxygens (including phenoxy) is 1. The van der Waals surface area contributed by atoms with Crippen LogP contribution < -0.4 is 14.8 Å². The SMILES string of the molecule is COc1ccc([C@@H](NC(=O)c2nc3n(n2)-c2ccccc2S(=O)(=O)N3)C(C)C)cc1. The third-order valence-electron chi connectivity index (χ3n) is 4.85. The van der Waals surface area contributed by atoms with Crippen molar-refractivity contribution in [1.29, 1.82) is 0 Å². The van der Waals surface area contributed by atoms with Crippen LogP contribution in [0.1, 0.15) is 36.1 Å². The fourth-order valence-corrected chi connectivity index (χ4v) is 4.50. The predicted molar refractivity (Wildman–Crippen MR) is 110 cm³/mol. The summed E-state index contributed by atoms with van der Waals surface area (Å²) in [7, 11) is -2.18. The average Bonchev–Trinajstić information content (AvgIpc) is 3.15. The highest BCUT2D eigenvalue weighted by molar-refractivity contribution is 7.92. The molecule has 0 fully saturated rings. The van der Waals surface area contributed by atoms with E-state index in [0.29, 0.717) is 5.69 Å². The van der Waals surface area contributed by atoms with Crippen molar-refractivity contribution in [3.8, 4) is 11.4 Å². The van der Waals surface area contributed by atoms with E-state index in [0.717, 1.165) is 11.3 Å². The first kappa shape index (κ1) is 19.9. The van der Waals surface area contributed by atoms with Gasteiger partial charge in [-0.3, -0.25) is 4.79 Å². The molecule has 2 N–H and O–H groups in total. The number of hydrogen-bond acceptors (Lipinski definition) is 6. The van der Waals surface area contributed by atoms with E-state index in [1.165, 1.54) is 10.7 Å². The fourth-order valence-electron chi connectivity index (χ4n) is 3.33. The highest BCUT2D eigenvalue weighted by Crippen LogP contribution is 2.29. The summed E-state index contributed by atoms with van der Waals surface area (Å²) in [5.41, 5.74) is 1.25. The highest BCUT2D eigenvalue weighted by atomic mass is 32.2. The van der Waals surface area contributed by atoms with E-state index in [1.807, 2.05) is 38.1 Å². The number of amides is 1. The van der Waals surface area contributed by atoms with Crippen LogP contribution in [0.3, 0.4) is 0 Å². The zero-order chi connectivity index (χ0) is 21.5. The molecule has 1 aliphatic heterocycles. The second-order valence-corrected chi connectivity index (χ2v) is 8.86. The number of carbonyl (C=O) groups is 1. The zero-order valence-electron chi connectivity index (χ0n) is 16.7. The summed E-state index contributed by atoms with van der Waals surface area (Å²) >= 11 is 0. The van der Waals surface area contributed by atoms with Crippen molar-refractivity contribution in [3.05, 3.63) is 59.9 Å². The van der Waals surface area contributed by atoms with Crippen LogP contribution in [0.25, 0.3) is 5.69 Å². The molecular weight excluding hydrogens is 406 g/mol. The Morgan fingerprint density at radius 3 is 2.50 bits per heavy atom. The largest absolute Gasteiger partial charge is 0.497 e. The maximum absolute atomic E-state index is 12.9. The minimum absolute atomic E-state index is 0.0237. The number of sulfonamides is 1. The van der Waals surface area contributed by atoms with Gasteiger partial charge in [0.05, 0.1) is 18.8 Å². The molecule has 156 valence electrons. The molecule has 0 unspecified atom stereocenters. The van der Waals surface area contributed by atoms with Crippen LogP contribution in [0.4, 0.5) is 5.95 Å². The molecule has 0 saturated carbocycles. The lowest BCUT2D eigenvalue weighted by atomic mass is 9.96. The lowest BCUT2D eigenvalue weighted by molar-refractivity contribution is 0.0915. The van der Waals surface area contributed by atoms with E-state index < -0.39 is 15.9 Å². The highest BCUT2D eigenvalue weighted by Gasteiger charge is 2.31. The van der Waals surface area contributed by atoms with Gasteiger partial charge in [-0.05, 0) is 35.7 Å². The smallest absolute Gasteiger partial charge is 0.291 e. The van der Waals surface area contributed by atoms with E-state index in [2.05, 4.69) is 20.1 Å². The van der Waals surface area contributed by atoms with Gasteiger partial charge in [-0.1, -0.05) is 38.1 Å². The number of fused-ring (bicyclic) bond motifs is 3. The summed E-state index contributed by atoms with van der Waals surface area (Å²) in [6.45, 7) is 3.98. The molecule has 2 heterocycles. The molecule has 0 aliphatic carbocycles. The Balaban J connectivity index is 1.64. The van der Waals surface area contributed by atoms with Crippen molar-refractivity contribution in [2.45, 2.75) is 24.8 Å². The summed E-state index contributed by atoms with van der Waals surface area (Å²) in [6, 6.07) is 13.6. The predicted octanol–water partition coefficient (Wildman–Crippen LogP) is 2.52. The number of methoxy groups -OCH3 is 1. The average molecular weight is 427 g/mol. The lowest BCUT2D eigenvalue weighted by Crippen LogP contribution is -2.32. The van der Waals surface area contributed by atoms with Crippen LogP contribution in [0.5, 0.6) is 5.75 Å². The second-order valence-electron chi connectivity index (χ2n) is 7.21. The number of benzene rings is 2. The van der Waals surface area contributed by atoms with Gasteiger partial charge < -0.3 is 10.1 Å². The molecule has 0 radical (unpaired) electrons. The summed E-state index contributed by atoms with van der Waals surface area (Å²) in [6.07, 6.45) is 0. The Morgan fingerprint density at radius 1 is 1.13 bits per heavy atom. The molecular formula is C20H21N5O4S. The Bertz CT molecular complexity index is 1200. The molecule has 30 heavy (non-hydrogen) atoms. The van der Waals surface area contributed by atoms with Gasteiger partial charge in [-0.25, -0.2) is 13.1 Å². The summed E-state index contributed by atoms with van der Waals surface area (Å²) < 4.78 is 33.7. The van der Waals surface area contributed by atoms with Crippen LogP contribution in [0.15, 0.2) is 53.4 Å². The van der Waals surface area contributed by atoms with Crippen molar-refractivity contribution in [2.75, 3.05) is 11.8 Å². The van der Waals surface area contributed by atoms with E-state index in [9.17, 15) is 13.2 Å². The first-order valence-electron chi connectivity index (χ1n) is 9.34. The lowest BCUT2D eigenvalue weighted by Gasteiger charge is -2.22. The van der Waals surface area contributed by atoms with Gasteiger partial charge in [-0.2, -0.15) is 9.67 Å². The van der Waals surface area contributed by atoms with Crippen LogP contribution in [0.2, 0.25) is 0 Å². The third-order valence-corrected chi connectivity index (χ3v) is 6.22. The monoisotopic (exact) mass is 427 g/mol. The van der Waals surface area contributed by atoms with Crippen LogP contribution in [-0.2, 0) is 10.0 Å². The number of hydrogen-bond donors (Lipinski definition) is 2. The number of aromatic nitrogens is 3. The van der Waals surface area contributed by atoms with E-state index in [-0.39, 0.29) is 28.6 Å². The summed E-state index contributed by atoms with van der Waals surface area (Å²) in [5, 5.41) is 7.18. The number of anilines is 1. The van der Waals surface area contributed by atoms with E-state index in [4.69, 9.17) is 4.74 Å². The molecule has 0 saturated heterocycles. The first-order chi connectivity index (χ1) is 14.3. The Morgan fingerprint density at radius 2 is 1.83 bits per heavy atom. The van der Waals surface area contributed by atoms with E-state index in [1.54, 1.807) is 25.3 Å². The molecule has 1 atom stereocenters. The summed E-state index contributed by atoms with van der Waals surface area (Å²) in [4.78, 5) is 17.1. The molecule has 0 bridgehead atoms. The quantitative estimate of drug-likeness (QED) is 0.647. The zero-order valence-corrected chi connectivity index (χ0v) is 17.5. The second kappa shape index (κ2) is 7.45. The minimum atomic E-state index is -3.77. The van der Waals surface area contributed by atoms with Gasteiger partial charge in [0.25, 0.3) is 15.9 Å². The Hall–Kier alpha value is -3.40. The van der Waals surface area contributed by atoms with Crippen molar-refractivity contribution in [1.82, 2.24) is 20.1 Å². The normalized spacial score (nSPS) is 14.9. The number of para-hydroxylation sites is 1.